The molecule has 3 nitrogen and oxygen atoms in total. The van der Waals surface area contributed by atoms with E-state index in [0.29, 0.717) is 23.4 Å². The van der Waals surface area contributed by atoms with Gasteiger partial charge in [-0.05, 0) is 24.3 Å². The lowest BCUT2D eigenvalue weighted by molar-refractivity contribution is 0.608. The molecule has 96 valence electrons. The summed E-state index contributed by atoms with van der Waals surface area (Å²) in [5.41, 5.74) is 8.31. The van der Waals surface area contributed by atoms with Gasteiger partial charge in [0.25, 0.3) is 0 Å². The van der Waals surface area contributed by atoms with Gasteiger partial charge in [-0.25, -0.2) is 4.39 Å². The first-order valence-corrected chi connectivity index (χ1v) is 5.86. The van der Waals surface area contributed by atoms with Gasteiger partial charge in [0.15, 0.2) is 0 Å². The van der Waals surface area contributed by atoms with Gasteiger partial charge < -0.3 is 10.6 Å². The Kier molecular flexibility index (Phi) is 3.67. The first kappa shape index (κ1) is 12.9. The minimum atomic E-state index is -0.246. The van der Waals surface area contributed by atoms with Gasteiger partial charge in [0, 0.05) is 19.2 Å². The maximum atomic E-state index is 13.6. The number of hydrogen-bond acceptors (Lipinski definition) is 3. The number of benzene rings is 2. The Morgan fingerprint density at radius 2 is 2.00 bits per heavy atom. The molecule has 0 saturated heterocycles. The third kappa shape index (κ3) is 2.83. The third-order valence-corrected chi connectivity index (χ3v) is 2.94. The molecule has 0 amide bonds. The van der Waals surface area contributed by atoms with E-state index in [4.69, 9.17) is 11.0 Å². The van der Waals surface area contributed by atoms with Crippen LogP contribution in [-0.4, -0.2) is 7.05 Å². The summed E-state index contributed by atoms with van der Waals surface area (Å²) in [7, 11) is 1.82. The molecule has 0 spiro atoms. The zero-order valence-electron chi connectivity index (χ0n) is 10.6. The molecular weight excluding hydrogens is 241 g/mol. The third-order valence-electron chi connectivity index (χ3n) is 2.94. The molecule has 0 unspecified atom stereocenters. The fourth-order valence-corrected chi connectivity index (χ4v) is 1.91. The van der Waals surface area contributed by atoms with Crippen molar-refractivity contribution in [1.29, 1.82) is 5.26 Å². The zero-order valence-corrected chi connectivity index (χ0v) is 10.6. The molecule has 2 aromatic carbocycles. The van der Waals surface area contributed by atoms with Crippen molar-refractivity contribution in [3.63, 3.8) is 0 Å². The summed E-state index contributed by atoms with van der Waals surface area (Å²) in [6.45, 7) is 0.395. The Morgan fingerprint density at radius 1 is 1.26 bits per heavy atom. The minimum absolute atomic E-state index is 0.246. The predicted molar refractivity (Wildman–Crippen MR) is 74.1 cm³/mol. The lowest BCUT2D eigenvalue weighted by atomic mass is 10.1. The summed E-state index contributed by atoms with van der Waals surface area (Å²) in [6.07, 6.45) is 0. The van der Waals surface area contributed by atoms with Crippen LogP contribution in [-0.2, 0) is 6.54 Å². The van der Waals surface area contributed by atoms with Crippen molar-refractivity contribution >= 4 is 11.4 Å². The van der Waals surface area contributed by atoms with Crippen LogP contribution in [0.1, 0.15) is 11.1 Å². The largest absolute Gasteiger partial charge is 0.397 e. The Balaban J connectivity index is 2.28. The Hall–Kier alpha value is -2.54. The van der Waals surface area contributed by atoms with Crippen molar-refractivity contribution in [3.05, 3.63) is 59.4 Å². The van der Waals surface area contributed by atoms with E-state index in [1.165, 1.54) is 6.07 Å². The molecule has 0 saturated carbocycles. The summed E-state index contributed by atoms with van der Waals surface area (Å²) < 4.78 is 13.6. The van der Waals surface area contributed by atoms with Crippen LogP contribution in [0.3, 0.4) is 0 Å². The van der Waals surface area contributed by atoms with Gasteiger partial charge in [-0.1, -0.05) is 18.2 Å². The summed E-state index contributed by atoms with van der Waals surface area (Å²) in [6, 6.07) is 13.7. The highest BCUT2D eigenvalue weighted by molar-refractivity contribution is 5.69. The van der Waals surface area contributed by atoms with Crippen LogP contribution in [0.4, 0.5) is 15.8 Å². The van der Waals surface area contributed by atoms with Crippen LogP contribution in [0.5, 0.6) is 0 Å². The van der Waals surface area contributed by atoms with Crippen molar-refractivity contribution in [2.24, 2.45) is 0 Å². The maximum absolute atomic E-state index is 13.6. The Labute approximate surface area is 111 Å². The molecular formula is C15H14FN3. The summed E-state index contributed by atoms with van der Waals surface area (Å²) >= 11 is 0. The first-order valence-electron chi connectivity index (χ1n) is 5.86. The van der Waals surface area contributed by atoms with Crippen molar-refractivity contribution in [3.8, 4) is 6.07 Å². The van der Waals surface area contributed by atoms with Crippen molar-refractivity contribution < 1.29 is 4.39 Å². The van der Waals surface area contributed by atoms with E-state index < -0.39 is 0 Å². The van der Waals surface area contributed by atoms with Gasteiger partial charge in [-0.3, -0.25) is 0 Å². The SMILES string of the molecule is CN(Cc1ccccc1F)c1cc(C#N)ccc1N. The number of nitriles is 1. The molecule has 0 aliphatic carbocycles. The second-order valence-corrected chi connectivity index (χ2v) is 4.33. The van der Waals surface area contributed by atoms with Gasteiger partial charge >= 0.3 is 0 Å². The van der Waals surface area contributed by atoms with Crippen LogP contribution in [0, 0.1) is 17.1 Å². The maximum Gasteiger partial charge on any atom is 0.128 e. The predicted octanol–water partition coefficient (Wildman–Crippen LogP) is 2.92. The topological polar surface area (TPSA) is 53.0 Å². The van der Waals surface area contributed by atoms with Gasteiger partial charge in [-0.2, -0.15) is 5.26 Å². The molecule has 2 rings (SSSR count). The van der Waals surface area contributed by atoms with E-state index in [-0.39, 0.29) is 5.82 Å². The zero-order chi connectivity index (χ0) is 13.8. The molecule has 0 aliphatic heterocycles. The highest BCUT2D eigenvalue weighted by atomic mass is 19.1. The normalized spacial score (nSPS) is 9.95. The molecule has 0 fully saturated rings. The second-order valence-electron chi connectivity index (χ2n) is 4.33. The number of nitrogens with two attached hydrogens (primary N) is 1. The standard InChI is InChI=1S/C15H14FN3/c1-19(10-12-4-2-3-5-13(12)16)15-8-11(9-17)6-7-14(15)18/h2-8H,10,18H2,1H3. The Bertz CT molecular complexity index is 632. The molecule has 0 atom stereocenters. The van der Waals surface area contributed by atoms with Crippen LogP contribution < -0.4 is 10.6 Å². The van der Waals surface area contributed by atoms with E-state index in [9.17, 15) is 4.39 Å². The van der Waals surface area contributed by atoms with Crippen LogP contribution in [0.2, 0.25) is 0 Å². The molecule has 0 bridgehead atoms. The number of nitrogen functional groups attached to an aromatic ring is 1. The van der Waals surface area contributed by atoms with E-state index >= 15 is 0 Å². The average Bonchev–Trinajstić information content (AvgIpc) is 2.42. The first-order chi connectivity index (χ1) is 9.11. The smallest absolute Gasteiger partial charge is 0.128 e. The second kappa shape index (κ2) is 5.40. The van der Waals surface area contributed by atoms with Crippen LogP contribution in [0.25, 0.3) is 0 Å². The van der Waals surface area contributed by atoms with Gasteiger partial charge in [0.05, 0.1) is 23.0 Å². The molecule has 19 heavy (non-hydrogen) atoms. The lowest BCUT2D eigenvalue weighted by Crippen LogP contribution is -2.18. The summed E-state index contributed by atoms with van der Waals surface area (Å²) in [5.74, 6) is -0.246. The molecule has 0 radical (unpaired) electrons. The molecule has 2 N–H and O–H groups in total. The van der Waals surface area contributed by atoms with Crippen molar-refractivity contribution in [2.45, 2.75) is 6.54 Å². The quantitative estimate of drug-likeness (QED) is 0.858. The van der Waals surface area contributed by atoms with E-state index in [1.54, 1.807) is 36.4 Å². The number of hydrogen-bond donors (Lipinski definition) is 1. The molecule has 4 heteroatoms. The fourth-order valence-electron chi connectivity index (χ4n) is 1.91. The van der Waals surface area contributed by atoms with E-state index in [2.05, 4.69) is 6.07 Å². The number of nitrogens with zero attached hydrogens (tertiary/aromatic N) is 2. The average molecular weight is 255 g/mol. The Morgan fingerprint density at radius 3 is 2.68 bits per heavy atom. The van der Waals surface area contributed by atoms with E-state index in [0.717, 1.165) is 5.69 Å². The summed E-state index contributed by atoms with van der Waals surface area (Å²) in [4.78, 5) is 1.83. The van der Waals surface area contributed by atoms with Crippen LogP contribution in [0.15, 0.2) is 42.5 Å². The minimum Gasteiger partial charge on any atom is -0.397 e. The van der Waals surface area contributed by atoms with Crippen molar-refractivity contribution in [1.82, 2.24) is 0 Å². The highest BCUT2D eigenvalue weighted by Gasteiger charge is 2.09. The number of halogens is 1. The lowest BCUT2D eigenvalue weighted by Gasteiger charge is -2.21. The van der Waals surface area contributed by atoms with Gasteiger partial charge in [0.1, 0.15) is 5.82 Å². The van der Waals surface area contributed by atoms with Gasteiger partial charge in [-0.15, -0.1) is 0 Å². The molecule has 2 aromatic rings. The number of anilines is 2. The monoisotopic (exact) mass is 255 g/mol. The van der Waals surface area contributed by atoms with Crippen molar-refractivity contribution in [2.75, 3.05) is 17.7 Å². The molecule has 0 aliphatic rings. The van der Waals surface area contributed by atoms with E-state index in [1.807, 2.05) is 11.9 Å². The van der Waals surface area contributed by atoms with Gasteiger partial charge in [0.2, 0.25) is 0 Å². The number of rotatable bonds is 3. The van der Waals surface area contributed by atoms with Crippen LogP contribution >= 0.6 is 0 Å². The summed E-state index contributed by atoms with van der Waals surface area (Å²) in [5, 5.41) is 8.90. The fraction of sp³-hybridized carbons (Fsp3) is 0.133. The molecule has 0 aromatic heterocycles. The molecule has 0 heterocycles. The highest BCUT2D eigenvalue weighted by Crippen LogP contribution is 2.25.